The topological polar surface area (TPSA) is 87.7 Å². The van der Waals surface area contributed by atoms with Crippen molar-refractivity contribution < 1.29 is 19.1 Å². The Balaban J connectivity index is 1.62. The van der Waals surface area contributed by atoms with Crippen LogP contribution >= 0.6 is 22.9 Å². The number of benzene rings is 2. The molecule has 0 aliphatic heterocycles. The van der Waals surface area contributed by atoms with Crippen LogP contribution in [0, 0.1) is 6.92 Å². The van der Waals surface area contributed by atoms with Gasteiger partial charge in [0.15, 0.2) is 6.61 Å². The maximum atomic E-state index is 12.7. The van der Waals surface area contributed by atoms with Crippen LogP contribution in [0.3, 0.4) is 0 Å². The van der Waals surface area contributed by atoms with Gasteiger partial charge in [-0.15, -0.1) is 11.3 Å². The van der Waals surface area contributed by atoms with E-state index in [9.17, 15) is 14.4 Å². The summed E-state index contributed by atoms with van der Waals surface area (Å²) >= 11 is 7.25. The third-order valence-corrected chi connectivity index (χ3v) is 5.93. The molecule has 3 amide bonds. The fourth-order valence-corrected chi connectivity index (χ4v) is 3.87. The number of hydrogen-bond donors (Lipinski definition) is 2. The summed E-state index contributed by atoms with van der Waals surface area (Å²) in [5.74, 6) is -0.252. The van der Waals surface area contributed by atoms with Crippen molar-refractivity contribution in [3.05, 3.63) is 75.6 Å². The summed E-state index contributed by atoms with van der Waals surface area (Å²) in [4.78, 5) is 38.7. The molecular formula is C23H22ClN3O4S. The molecule has 0 atom stereocenters. The Morgan fingerprint density at radius 2 is 1.69 bits per heavy atom. The van der Waals surface area contributed by atoms with Crippen LogP contribution in [0.4, 0.5) is 10.7 Å². The number of aryl methyl sites for hydroxylation is 1. The van der Waals surface area contributed by atoms with E-state index in [1.54, 1.807) is 75.6 Å². The second-order valence-electron chi connectivity index (χ2n) is 7.11. The van der Waals surface area contributed by atoms with Gasteiger partial charge in [-0.1, -0.05) is 23.7 Å². The van der Waals surface area contributed by atoms with Crippen molar-refractivity contribution in [2.75, 3.05) is 31.3 Å². The Hall–Kier alpha value is -3.36. The summed E-state index contributed by atoms with van der Waals surface area (Å²) in [5, 5.41) is 6.51. The number of halogens is 1. The summed E-state index contributed by atoms with van der Waals surface area (Å²) in [6.07, 6.45) is 0. The molecule has 0 saturated heterocycles. The number of nitrogens with zero attached hydrogens (tertiary/aromatic N) is 1. The predicted molar refractivity (Wildman–Crippen MR) is 127 cm³/mol. The quantitative estimate of drug-likeness (QED) is 0.523. The van der Waals surface area contributed by atoms with E-state index in [2.05, 4.69) is 10.6 Å². The first kappa shape index (κ1) is 23.3. The molecule has 0 fully saturated rings. The molecule has 166 valence electrons. The van der Waals surface area contributed by atoms with Gasteiger partial charge >= 0.3 is 0 Å². The number of likely N-dealkylation sites (N-methyl/N-ethyl adjacent to an activating group) is 1. The SMILES string of the molecule is Cc1cc(NC(=O)c2ccccc2Cl)sc1C(=O)Nc1ccc(OCC(=O)N(C)C)cc1. The first-order valence-electron chi connectivity index (χ1n) is 9.65. The normalized spacial score (nSPS) is 10.4. The molecule has 1 heterocycles. The summed E-state index contributed by atoms with van der Waals surface area (Å²) in [6.45, 7) is 1.74. The zero-order valence-electron chi connectivity index (χ0n) is 17.8. The Labute approximate surface area is 195 Å². The minimum atomic E-state index is -0.341. The van der Waals surface area contributed by atoms with Crippen LogP contribution in [0.5, 0.6) is 5.75 Å². The molecule has 0 unspecified atom stereocenters. The van der Waals surface area contributed by atoms with Crippen LogP contribution < -0.4 is 15.4 Å². The van der Waals surface area contributed by atoms with Gasteiger partial charge in [0.25, 0.3) is 17.7 Å². The highest BCUT2D eigenvalue weighted by molar-refractivity contribution is 7.18. The molecule has 0 saturated carbocycles. The number of carbonyl (C=O) groups is 3. The highest BCUT2D eigenvalue weighted by Gasteiger charge is 2.17. The second kappa shape index (κ2) is 10.3. The van der Waals surface area contributed by atoms with Crippen LogP contribution in [0.15, 0.2) is 54.6 Å². The smallest absolute Gasteiger partial charge is 0.266 e. The number of hydrogen-bond acceptors (Lipinski definition) is 5. The zero-order chi connectivity index (χ0) is 23.3. The van der Waals surface area contributed by atoms with Crippen LogP contribution in [0.2, 0.25) is 5.02 Å². The average Bonchev–Trinajstić information content (AvgIpc) is 3.13. The van der Waals surface area contributed by atoms with Crippen molar-refractivity contribution in [1.29, 1.82) is 0 Å². The molecule has 3 aromatic rings. The third-order valence-electron chi connectivity index (χ3n) is 4.45. The Kier molecular flexibility index (Phi) is 7.50. The predicted octanol–water partition coefficient (Wildman–Crippen LogP) is 4.68. The van der Waals surface area contributed by atoms with Gasteiger partial charge in [0.1, 0.15) is 5.75 Å². The van der Waals surface area contributed by atoms with E-state index in [0.717, 1.165) is 5.56 Å². The van der Waals surface area contributed by atoms with Crippen LogP contribution in [0.1, 0.15) is 25.6 Å². The van der Waals surface area contributed by atoms with E-state index in [1.165, 1.54) is 16.2 Å². The monoisotopic (exact) mass is 471 g/mol. The summed E-state index contributed by atoms with van der Waals surface area (Å²) < 4.78 is 5.43. The van der Waals surface area contributed by atoms with Gasteiger partial charge in [0.05, 0.1) is 20.5 Å². The van der Waals surface area contributed by atoms with Gasteiger partial charge in [-0.05, 0) is 55.0 Å². The molecule has 2 aromatic carbocycles. The summed E-state index contributed by atoms with van der Waals surface area (Å²) in [6, 6.07) is 15.2. The van der Waals surface area contributed by atoms with Crippen LogP contribution in [-0.2, 0) is 4.79 Å². The molecule has 7 nitrogen and oxygen atoms in total. The standard InChI is InChI=1S/C23H22ClN3O4S/c1-14-12-19(26-22(29)17-6-4-5-7-18(17)24)32-21(14)23(30)25-15-8-10-16(11-9-15)31-13-20(28)27(2)3/h4-12H,13H2,1-3H3,(H,25,30)(H,26,29). The van der Waals surface area contributed by atoms with E-state index < -0.39 is 0 Å². The number of ether oxygens (including phenoxy) is 1. The lowest BCUT2D eigenvalue weighted by Crippen LogP contribution is -2.27. The van der Waals surface area contributed by atoms with E-state index in [1.807, 2.05) is 0 Å². The second-order valence-corrected chi connectivity index (χ2v) is 8.57. The van der Waals surface area contributed by atoms with E-state index in [-0.39, 0.29) is 24.3 Å². The fraction of sp³-hybridized carbons (Fsp3) is 0.174. The molecule has 9 heteroatoms. The lowest BCUT2D eigenvalue weighted by Gasteiger charge is -2.11. The van der Waals surface area contributed by atoms with Gasteiger partial charge < -0.3 is 20.3 Å². The lowest BCUT2D eigenvalue weighted by molar-refractivity contribution is -0.130. The van der Waals surface area contributed by atoms with Crippen molar-refractivity contribution in [3.63, 3.8) is 0 Å². The number of thiophene rings is 1. The minimum Gasteiger partial charge on any atom is -0.484 e. The fourth-order valence-electron chi connectivity index (χ4n) is 2.69. The molecule has 0 aliphatic rings. The number of nitrogens with one attached hydrogen (secondary N) is 2. The van der Waals surface area contributed by atoms with Crippen molar-refractivity contribution in [2.45, 2.75) is 6.92 Å². The number of amides is 3. The number of rotatable bonds is 7. The molecule has 0 bridgehead atoms. The number of anilines is 2. The molecule has 0 aliphatic carbocycles. The maximum Gasteiger partial charge on any atom is 0.266 e. The summed E-state index contributed by atoms with van der Waals surface area (Å²) in [5.41, 5.74) is 1.68. The van der Waals surface area contributed by atoms with Crippen LogP contribution in [0.25, 0.3) is 0 Å². The third kappa shape index (κ3) is 5.87. The molecule has 2 N–H and O–H groups in total. The number of carbonyl (C=O) groups excluding carboxylic acids is 3. The van der Waals surface area contributed by atoms with Crippen LogP contribution in [-0.4, -0.2) is 43.3 Å². The van der Waals surface area contributed by atoms with Crippen molar-refractivity contribution >= 4 is 51.3 Å². The van der Waals surface area contributed by atoms with E-state index in [4.69, 9.17) is 16.3 Å². The van der Waals surface area contributed by atoms with E-state index >= 15 is 0 Å². The first-order valence-corrected chi connectivity index (χ1v) is 10.8. The highest BCUT2D eigenvalue weighted by Crippen LogP contribution is 2.29. The van der Waals surface area contributed by atoms with Gasteiger partial charge in [-0.3, -0.25) is 14.4 Å². The van der Waals surface area contributed by atoms with E-state index in [0.29, 0.717) is 31.9 Å². The van der Waals surface area contributed by atoms with Gasteiger partial charge in [-0.2, -0.15) is 0 Å². The van der Waals surface area contributed by atoms with Gasteiger partial charge in [0, 0.05) is 19.8 Å². The van der Waals surface area contributed by atoms with Gasteiger partial charge in [0.2, 0.25) is 0 Å². The Morgan fingerprint density at radius 1 is 1.00 bits per heavy atom. The molecule has 32 heavy (non-hydrogen) atoms. The molecular weight excluding hydrogens is 450 g/mol. The van der Waals surface area contributed by atoms with Crippen molar-refractivity contribution in [3.8, 4) is 5.75 Å². The largest absolute Gasteiger partial charge is 0.484 e. The van der Waals surface area contributed by atoms with Crippen molar-refractivity contribution in [2.24, 2.45) is 0 Å². The Bertz CT molecular complexity index is 1140. The highest BCUT2D eigenvalue weighted by atomic mass is 35.5. The summed E-state index contributed by atoms with van der Waals surface area (Å²) in [7, 11) is 3.31. The van der Waals surface area contributed by atoms with Crippen molar-refractivity contribution in [1.82, 2.24) is 4.90 Å². The molecule has 1 aromatic heterocycles. The maximum absolute atomic E-state index is 12.7. The van der Waals surface area contributed by atoms with Gasteiger partial charge in [-0.25, -0.2) is 0 Å². The Morgan fingerprint density at radius 3 is 2.34 bits per heavy atom. The minimum absolute atomic E-state index is 0.0597. The zero-order valence-corrected chi connectivity index (χ0v) is 19.3. The lowest BCUT2D eigenvalue weighted by atomic mass is 10.2. The molecule has 3 rings (SSSR count). The molecule has 0 spiro atoms. The molecule has 0 radical (unpaired) electrons. The average molecular weight is 472 g/mol. The first-order chi connectivity index (χ1) is 15.2.